The third-order valence-corrected chi connectivity index (χ3v) is 1.68. The van der Waals surface area contributed by atoms with E-state index in [0.29, 0.717) is 11.1 Å². The minimum atomic E-state index is -0.458. The maximum atomic E-state index is 8.77. The number of rotatable bonds is 2. The first-order valence-corrected chi connectivity index (χ1v) is 3.65. The lowest BCUT2D eigenvalue weighted by Gasteiger charge is -2.09. The second-order valence-electron chi connectivity index (χ2n) is 2.49. The molecule has 0 aliphatic rings. The van der Waals surface area contributed by atoms with Crippen molar-refractivity contribution < 1.29 is 5.11 Å². The van der Waals surface area contributed by atoms with Crippen molar-refractivity contribution in [1.29, 1.82) is 5.26 Å². The molecule has 0 aliphatic heterocycles. The lowest BCUT2D eigenvalue weighted by Crippen LogP contribution is -2.15. The van der Waals surface area contributed by atoms with Gasteiger partial charge in [0.15, 0.2) is 0 Å². The van der Waals surface area contributed by atoms with Crippen LogP contribution in [0.5, 0.6) is 0 Å². The van der Waals surface area contributed by atoms with Gasteiger partial charge in [-0.25, -0.2) is 0 Å². The number of hydrogen-bond acceptors (Lipinski definition) is 3. The van der Waals surface area contributed by atoms with Gasteiger partial charge in [-0.2, -0.15) is 5.26 Å². The molecule has 1 unspecified atom stereocenters. The average molecular weight is 199 g/mol. The van der Waals surface area contributed by atoms with Gasteiger partial charge < -0.3 is 10.8 Å². The number of nitrogens with zero attached hydrogens (tertiary/aromatic N) is 1. The van der Waals surface area contributed by atoms with Crippen LogP contribution in [0.15, 0.2) is 24.3 Å². The van der Waals surface area contributed by atoms with Crippen LogP contribution in [-0.4, -0.2) is 11.7 Å². The van der Waals surface area contributed by atoms with Crippen LogP contribution in [0.4, 0.5) is 0 Å². The van der Waals surface area contributed by atoms with Crippen LogP contribution in [0, 0.1) is 11.3 Å². The Morgan fingerprint density at radius 3 is 2.62 bits per heavy atom. The molecule has 1 aromatic carbocycles. The summed E-state index contributed by atoms with van der Waals surface area (Å²) in [4.78, 5) is 0. The topological polar surface area (TPSA) is 70.0 Å². The molecule has 13 heavy (non-hydrogen) atoms. The summed E-state index contributed by atoms with van der Waals surface area (Å²) < 4.78 is 0. The summed E-state index contributed by atoms with van der Waals surface area (Å²) >= 11 is 0. The number of nitrogens with two attached hydrogens (primary N) is 1. The van der Waals surface area contributed by atoms with Crippen molar-refractivity contribution in [1.82, 2.24) is 0 Å². The van der Waals surface area contributed by atoms with Crippen molar-refractivity contribution in [2.24, 2.45) is 5.73 Å². The molecule has 0 aromatic heterocycles. The van der Waals surface area contributed by atoms with E-state index in [-0.39, 0.29) is 19.0 Å². The number of nitriles is 1. The highest BCUT2D eigenvalue weighted by atomic mass is 35.5. The zero-order valence-corrected chi connectivity index (χ0v) is 7.79. The summed E-state index contributed by atoms with van der Waals surface area (Å²) in [5.74, 6) is 0. The maximum absolute atomic E-state index is 8.77. The average Bonchev–Trinajstić information content (AvgIpc) is 2.16. The molecule has 3 N–H and O–H groups in total. The monoisotopic (exact) mass is 198 g/mol. The quantitative estimate of drug-likeness (QED) is 0.744. The molecule has 0 fully saturated rings. The van der Waals surface area contributed by atoms with Crippen LogP contribution in [-0.2, 0) is 0 Å². The number of halogens is 1. The largest absolute Gasteiger partial charge is 0.394 e. The molecule has 0 spiro atoms. The van der Waals surface area contributed by atoms with Crippen LogP contribution >= 0.6 is 12.4 Å². The highest BCUT2D eigenvalue weighted by molar-refractivity contribution is 5.85. The van der Waals surface area contributed by atoms with E-state index in [4.69, 9.17) is 16.1 Å². The van der Waals surface area contributed by atoms with Gasteiger partial charge in [0, 0.05) is 0 Å². The molecule has 0 aliphatic carbocycles. The van der Waals surface area contributed by atoms with Gasteiger partial charge in [-0.1, -0.05) is 18.2 Å². The molecule has 3 nitrogen and oxygen atoms in total. The van der Waals surface area contributed by atoms with E-state index >= 15 is 0 Å². The zero-order chi connectivity index (χ0) is 8.97. The van der Waals surface area contributed by atoms with E-state index in [1.165, 1.54) is 0 Å². The van der Waals surface area contributed by atoms with Crippen molar-refractivity contribution in [2.75, 3.05) is 6.61 Å². The Morgan fingerprint density at radius 1 is 1.46 bits per heavy atom. The van der Waals surface area contributed by atoms with E-state index in [1.54, 1.807) is 24.3 Å². The smallest absolute Gasteiger partial charge is 0.0995 e. The van der Waals surface area contributed by atoms with E-state index in [0.717, 1.165) is 0 Å². The van der Waals surface area contributed by atoms with Gasteiger partial charge in [0.1, 0.15) is 0 Å². The van der Waals surface area contributed by atoms with Gasteiger partial charge in [-0.3, -0.25) is 0 Å². The summed E-state index contributed by atoms with van der Waals surface area (Å²) in [5.41, 5.74) is 6.79. The molecule has 1 aromatic rings. The second-order valence-corrected chi connectivity index (χ2v) is 2.49. The van der Waals surface area contributed by atoms with Gasteiger partial charge in [0.2, 0.25) is 0 Å². The van der Waals surface area contributed by atoms with E-state index < -0.39 is 6.04 Å². The molecule has 0 bridgehead atoms. The second kappa shape index (κ2) is 5.55. The van der Waals surface area contributed by atoms with Gasteiger partial charge >= 0.3 is 0 Å². The summed E-state index contributed by atoms with van der Waals surface area (Å²) in [6.45, 7) is -0.140. The standard InChI is InChI=1S/C9H10N2O.ClH/c10-5-7-3-1-2-4-8(7)9(11)6-12;/h1-4,9,12H,6,11H2;1H. The van der Waals surface area contributed by atoms with Crippen LogP contribution < -0.4 is 5.73 Å². The van der Waals surface area contributed by atoms with Crippen molar-refractivity contribution in [3.63, 3.8) is 0 Å². The molecular weight excluding hydrogens is 188 g/mol. The van der Waals surface area contributed by atoms with Crippen molar-refractivity contribution in [2.45, 2.75) is 6.04 Å². The van der Waals surface area contributed by atoms with Crippen LogP contribution in [0.3, 0.4) is 0 Å². The number of benzene rings is 1. The van der Waals surface area contributed by atoms with E-state index in [2.05, 4.69) is 0 Å². The molecular formula is C9H11ClN2O. The normalized spacial score (nSPS) is 11.2. The highest BCUT2D eigenvalue weighted by Crippen LogP contribution is 2.14. The predicted octanol–water partition coefficient (Wildman–Crippen LogP) is 0.972. The van der Waals surface area contributed by atoms with Crippen LogP contribution in [0.25, 0.3) is 0 Å². The van der Waals surface area contributed by atoms with E-state index in [1.807, 2.05) is 6.07 Å². The Bertz CT molecular complexity index is 309. The van der Waals surface area contributed by atoms with Crippen molar-refractivity contribution in [3.8, 4) is 6.07 Å². The fourth-order valence-corrected chi connectivity index (χ4v) is 1.02. The molecule has 4 heteroatoms. The first-order chi connectivity index (χ1) is 5.79. The third-order valence-electron chi connectivity index (χ3n) is 1.68. The summed E-state index contributed by atoms with van der Waals surface area (Å²) in [6, 6.07) is 8.56. The summed E-state index contributed by atoms with van der Waals surface area (Å²) in [5, 5.41) is 17.4. The van der Waals surface area contributed by atoms with E-state index in [9.17, 15) is 0 Å². The molecule has 0 amide bonds. The molecule has 70 valence electrons. The zero-order valence-electron chi connectivity index (χ0n) is 6.97. The fourth-order valence-electron chi connectivity index (χ4n) is 1.02. The molecule has 0 radical (unpaired) electrons. The van der Waals surface area contributed by atoms with Gasteiger partial charge in [-0.15, -0.1) is 12.4 Å². The molecule has 1 rings (SSSR count). The molecule has 0 saturated carbocycles. The third kappa shape index (κ3) is 2.71. The van der Waals surface area contributed by atoms with Gasteiger partial charge in [0.05, 0.1) is 24.3 Å². The summed E-state index contributed by atoms with van der Waals surface area (Å²) in [6.07, 6.45) is 0. The Kier molecular flexibility index (Phi) is 5.09. The lowest BCUT2D eigenvalue weighted by atomic mass is 10.0. The maximum Gasteiger partial charge on any atom is 0.0995 e. The Hall–Kier alpha value is -1.08. The predicted molar refractivity (Wildman–Crippen MR) is 52.4 cm³/mol. The molecule has 0 saturated heterocycles. The van der Waals surface area contributed by atoms with Crippen molar-refractivity contribution >= 4 is 12.4 Å². The highest BCUT2D eigenvalue weighted by Gasteiger charge is 2.07. The molecule has 0 heterocycles. The Balaban J connectivity index is 0.00000144. The summed E-state index contributed by atoms with van der Waals surface area (Å²) in [7, 11) is 0. The number of aliphatic hydroxyl groups excluding tert-OH is 1. The minimum absolute atomic E-state index is 0. The fraction of sp³-hybridized carbons (Fsp3) is 0.222. The number of aliphatic hydroxyl groups is 1. The van der Waals surface area contributed by atoms with Crippen LogP contribution in [0.1, 0.15) is 17.2 Å². The first-order valence-electron chi connectivity index (χ1n) is 3.65. The first kappa shape index (κ1) is 11.9. The Labute approximate surface area is 83.2 Å². The van der Waals surface area contributed by atoms with Gasteiger partial charge in [-0.05, 0) is 11.6 Å². The Morgan fingerprint density at radius 2 is 2.08 bits per heavy atom. The minimum Gasteiger partial charge on any atom is -0.394 e. The van der Waals surface area contributed by atoms with Crippen LogP contribution in [0.2, 0.25) is 0 Å². The van der Waals surface area contributed by atoms with Gasteiger partial charge in [0.25, 0.3) is 0 Å². The van der Waals surface area contributed by atoms with Crippen molar-refractivity contribution in [3.05, 3.63) is 35.4 Å². The number of hydrogen-bond donors (Lipinski definition) is 2. The SMILES string of the molecule is Cl.N#Cc1ccccc1C(N)CO. The molecule has 1 atom stereocenters. The lowest BCUT2D eigenvalue weighted by molar-refractivity contribution is 0.268.